The van der Waals surface area contributed by atoms with Gasteiger partial charge in [-0.3, -0.25) is 0 Å². The first-order valence-corrected chi connectivity index (χ1v) is 8.45. The van der Waals surface area contributed by atoms with Gasteiger partial charge < -0.3 is 14.8 Å². The van der Waals surface area contributed by atoms with Crippen molar-refractivity contribution in [2.45, 2.75) is 32.7 Å². The van der Waals surface area contributed by atoms with Crippen molar-refractivity contribution < 1.29 is 9.47 Å². The standard InChI is InChI=1S/C16H27NO2S/c1-5-9-17-14(12-20-10-6-2)13-7-8-15(18-3)16(11-13)19-4/h7-8,11,14,17H,5-6,9-10,12H2,1-4H3. The van der Waals surface area contributed by atoms with Crippen LogP contribution in [0.25, 0.3) is 0 Å². The van der Waals surface area contributed by atoms with E-state index in [2.05, 4.69) is 31.3 Å². The molecule has 0 bridgehead atoms. The Morgan fingerprint density at radius 3 is 2.45 bits per heavy atom. The van der Waals surface area contributed by atoms with Crippen LogP contribution in [-0.4, -0.2) is 32.3 Å². The van der Waals surface area contributed by atoms with Crippen LogP contribution in [0.3, 0.4) is 0 Å². The molecule has 1 aromatic rings. The second-order valence-corrected chi connectivity index (χ2v) is 5.85. The topological polar surface area (TPSA) is 30.5 Å². The number of rotatable bonds is 10. The second kappa shape index (κ2) is 9.94. The van der Waals surface area contributed by atoms with Crippen molar-refractivity contribution in [2.24, 2.45) is 0 Å². The summed E-state index contributed by atoms with van der Waals surface area (Å²) >= 11 is 2.00. The minimum Gasteiger partial charge on any atom is -0.493 e. The lowest BCUT2D eigenvalue weighted by Gasteiger charge is -2.20. The molecule has 0 saturated carbocycles. The van der Waals surface area contributed by atoms with Gasteiger partial charge in [-0.15, -0.1) is 0 Å². The first-order chi connectivity index (χ1) is 9.76. The van der Waals surface area contributed by atoms with Gasteiger partial charge in [-0.05, 0) is 42.8 Å². The molecule has 0 aliphatic heterocycles. The molecule has 1 rings (SSSR count). The molecule has 1 aromatic carbocycles. The lowest BCUT2D eigenvalue weighted by molar-refractivity contribution is 0.354. The van der Waals surface area contributed by atoms with Crippen molar-refractivity contribution in [1.82, 2.24) is 5.32 Å². The Kier molecular flexibility index (Phi) is 8.54. The fraction of sp³-hybridized carbons (Fsp3) is 0.625. The minimum atomic E-state index is 0.367. The molecule has 20 heavy (non-hydrogen) atoms. The Bertz CT molecular complexity index is 385. The first-order valence-electron chi connectivity index (χ1n) is 7.29. The Morgan fingerprint density at radius 2 is 1.85 bits per heavy atom. The van der Waals surface area contributed by atoms with E-state index in [1.165, 1.54) is 17.7 Å². The highest BCUT2D eigenvalue weighted by Crippen LogP contribution is 2.31. The molecule has 1 unspecified atom stereocenters. The Morgan fingerprint density at radius 1 is 1.10 bits per heavy atom. The molecule has 0 saturated heterocycles. The van der Waals surface area contributed by atoms with Crippen LogP contribution in [0.15, 0.2) is 18.2 Å². The largest absolute Gasteiger partial charge is 0.493 e. The van der Waals surface area contributed by atoms with Gasteiger partial charge in [0.1, 0.15) is 0 Å². The van der Waals surface area contributed by atoms with Crippen LogP contribution in [-0.2, 0) is 0 Å². The highest BCUT2D eigenvalue weighted by molar-refractivity contribution is 7.99. The van der Waals surface area contributed by atoms with Crippen molar-refractivity contribution >= 4 is 11.8 Å². The molecule has 1 N–H and O–H groups in total. The molecule has 4 heteroatoms. The van der Waals surface area contributed by atoms with Crippen LogP contribution in [0.4, 0.5) is 0 Å². The number of ether oxygens (including phenoxy) is 2. The second-order valence-electron chi connectivity index (χ2n) is 4.70. The molecule has 114 valence electrons. The van der Waals surface area contributed by atoms with E-state index in [1.54, 1.807) is 14.2 Å². The van der Waals surface area contributed by atoms with Gasteiger partial charge in [0.05, 0.1) is 14.2 Å². The summed E-state index contributed by atoms with van der Waals surface area (Å²) in [4.78, 5) is 0. The fourth-order valence-corrected chi connectivity index (χ4v) is 3.01. The third-order valence-electron chi connectivity index (χ3n) is 3.08. The van der Waals surface area contributed by atoms with Crippen LogP contribution in [0, 0.1) is 0 Å². The molecule has 0 aromatic heterocycles. The lowest BCUT2D eigenvalue weighted by Crippen LogP contribution is -2.24. The zero-order valence-electron chi connectivity index (χ0n) is 13.1. The average molecular weight is 297 g/mol. The first kappa shape index (κ1) is 17.2. The number of methoxy groups -OCH3 is 2. The highest BCUT2D eigenvalue weighted by Gasteiger charge is 2.13. The van der Waals surface area contributed by atoms with Gasteiger partial charge in [0.25, 0.3) is 0 Å². The Hall–Kier alpha value is -0.870. The van der Waals surface area contributed by atoms with Crippen LogP contribution in [0.1, 0.15) is 38.3 Å². The van der Waals surface area contributed by atoms with Crippen molar-refractivity contribution in [2.75, 3.05) is 32.3 Å². The molecule has 0 aliphatic carbocycles. The number of hydrogen-bond donors (Lipinski definition) is 1. The minimum absolute atomic E-state index is 0.367. The van der Waals surface area contributed by atoms with E-state index >= 15 is 0 Å². The number of benzene rings is 1. The molecule has 3 nitrogen and oxygen atoms in total. The molecule has 1 atom stereocenters. The maximum atomic E-state index is 5.40. The van der Waals surface area contributed by atoms with Gasteiger partial charge in [-0.25, -0.2) is 0 Å². The van der Waals surface area contributed by atoms with Gasteiger partial charge in [-0.2, -0.15) is 11.8 Å². The molecule has 0 heterocycles. The van der Waals surface area contributed by atoms with E-state index < -0.39 is 0 Å². The highest BCUT2D eigenvalue weighted by atomic mass is 32.2. The lowest BCUT2D eigenvalue weighted by atomic mass is 10.1. The average Bonchev–Trinajstić information content (AvgIpc) is 2.50. The van der Waals surface area contributed by atoms with Crippen LogP contribution >= 0.6 is 11.8 Å². The van der Waals surface area contributed by atoms with Crippen molar-refractivity contribution in [3.05, 3.63) is 23.8 Å². The van der Waals surface area contributed by atoms with E-state index in [4.69, 9.17) is 9.47 Å². The summed E-state index contributed by atoms with van der Waals surface area (Å²) in [6.45, 7) is 5.45. The Balaban J connectivity index is 2.82. The van der Waals surface area contributed by atoms with Crippen molar-refractivity contribution in [3.63, 3.8) is 0 Å². The molecule has 0 amide bonds. The maximum Gasteiger partial charge on any atom is 0.161 e. The summed E-state index contributed by atoms with van der Waals surface area (Å²) in [7, 11) is 3.35. The summed E-state index contributed by atoms with van der Waals surface area (Å²) in [5.74, 6) is 3.88. The fourth-order valence-electron chi connectivity index (χ4n) is 2.01. The summed E-state index contributed by atoms with van der Waals surface area (Å²) in [6, 6.07) is 6.56. The smallest absolute Gasteiger partial charge is 0.161 e. The van der Waals surface area contributed by atoms with Crippen LogP contribution < -0.4 is 14.8 Å². The monoisotopic (exact) mass is 297 g/mol. The predicted molar refractivity (Wildman–Crippen MR) is 88.2 cm³/mol. The predicted octanol–water partition coefficient (Wildman–Crippen LogP) is 3.89. The Labute approximate surface area is 127 Å². The number of thioether (sulfide) groups is 1. The number of nitrogens with one attached hydrogen (secondary N) is 1. The van der Waals surface area contributed by atoms with Gasteiger partial charge in [-0.1, -0.05) is 19.9 Å². The zero-order chi connectivity index (χ0) is 14.8. The molecule has 0 radical (unpaired) electrons. The van der Waals surface area contributed by atoms with E-state index in [0.29, 0.717) is 6.04 Å². The van der Waals surface area contributed by atoms with Gasteiger partial charge in [0, 0.05) is 11.8 Å². The van der Waals surface area contributed by atoms with Crippen LogP contribution in [0.5, 0.6) is 11.5 Å². The quantitative estimate of drug-likeness (QED) is 0.664. The number of hydrogen-bond acceptors (Lipinski definition) is 4. The molecular formula is C16H27NO2S. The SMILES string of the molecule is CCCNC(CSCCC)c1ccc(OC)c(OC)c1. The molecule has 0 spiro atoms. The third kappa shape index (κ3) is 5.25. The van der Waals surface area contributed by atoms with E-state index in [9.17, 15) is 0 Å². The summed E-state index contributed by atoms with van der Waals surface area (Å²) < 4.78 is 10.7. The van der Waals surface area contributed by atoms with Gasteiger partial charge >= 0.3 is 0 Å². The van der Waals surface area contributed by atoms with Crippen molar-refractivity contribution in [3.8, 4) is 11.5 Å². The van der Waals surface area contributed by atoms with Crippen molar-refractivity contribution in [1.29, 1.82) is 0 Å². The molecular weight excluding hydrogens is 270 g/mol. The van der Waals surface area contributed by atoms with E-state index in [1.807, 2.05) is 17.8 Å². The third-order valence-corrected chi connectivity index (χ3v) is 4.35. The molecule has 0 fully saturated rings. The van der Waals surface area contributed by atoms with Gasteiger partial charge in [0.15, 0.2) is 11.5 Å². The van der Waals surface area contributed by atoms with E-state index in [-0.39, 0.29) is 0 Å². The van der Waals surface area contributed by atoms with Crippen LogP contribution in [0.2, 0.25) is 0 Å². The molecule has 0 aliphatic rings. The van der Waals surface area contributed by atoms with Gasteiger partial charge in [0.2, 0.25) is 0 Å². The maximum absolute atomic E-state index is 5.40. The zero-order valence-corrected chi connectivity index (χ0v) is 13.9. The van der Waals surface area contributed by atoms with E-state index in [0.717, 1.165) is 30.2 Å². The summed E-state index contributed by atoms with van der Waals surface area (Å²) in [5, 5.41) is 3.62. The normalized spacial score (nSPS) is 12.2. The summed E-state index contributed by atoms with van der Waals surface area (Å²) in [5.41, 5.74) is 1.26. The summed E-state index contributed by atoms with van der Waals surface area (Å²) in [6.07, 6.45) is 2.36.